The Morgan fingerprint density at radius 2 is 2.20 bits per heavy atom. The van der Waals surface area contributed by atoms with Crippen molar-refractivity contribution in [2.45, 2.75) is 25.8 Å². The van der Waals surface area contributed by atoms with Gasteiger partial charge in [-0.15, -0.1) is 0 Å². The highest BCUT2D eigenvalue weighted by atomic mass is 32.2. The molecule has 0 aliphatic heterocycles. The van der Waals surface area contributed by atoms with Crippen LogP contribution in [0.3, 0.4) is 0 Å². The summed E-state index contributed by atoms with van der Waals surface area (Å²) in [6.07, 6.45) is 0.593. The van der Waals surface area contributed by atoms with Gasteiger partial charge < -0.3 is 15.6 Å². The van der Waals surface area contributed by atoms with Crippen LogP contribution in [0.4, 0.5) is 0 Å². The highest BCUT2D eigenvalue weighted by Crippen LogP contribution is 2.01. The Morgan fingerprint density at radius 1 is 1.60 bits per heavy atom. The monoisotopic (exact) mass is 237 g/mol. The van der Waals surface area contributed by atoms with E-state index in [1.54, 1.807) is 0 Å². The van der Waals surface area contributed by atoms with E-state index in [2.05, 4.69) is 16.0 Å². The van der Waals surface area contributed by atoms with Gasteiger partial charge >= 0.3 is 0 Å². The van der Waals surface area contributed by atoms with Gasteiger partial charge in [-0.05, 0) is 26.8 Å². The predicted molar refractivity (Wildman–Crippen MR) is 61.3 cm³/mol. The first-order chi connectivity index (χ1) is 6.90. The molecular formula is C7H19N5O2S. The van der Waals surface area contributed by atoms with Crippen molar-refractivity contribution in [2.24, 2.45) is 16.7 Å². The van der Waals surface area contributed by atoms with Crippen LogP contribution in [0.1, 0.15) is 20.3 Å². The maximum absolute atomic E-state index is 10.4. The van der Waals surface area contributed by atoms with Crippen LogP contribution in [0.5, 0.6) is 0 Å². The number of amidine groups is 1. The molecule has 15 heavy (non-hydrogen) atoms. The second-order valence-corrected chi connectivity index (χ2v) is 4.61. The van der Waals surface area contributed by atoms with Crippen LogP contribution in [0.2, 0.25) is 0 Å². The van der Waals surface area contributed by atoms with Crippen LogP contribution >= 0.6 is 0 Å². The molecule has 0 radical (unpaired) electrons. The van der Waals surface area contributed by atoms with Crippen LogP contribution in [-0.2, 0) is 11.1 Å². The topological polar surface area (TPSA) is 126 Å². The molecule has 0 rings (SSSR count). The third kappa shape index (κ3) is 6.39. The lowest BCUT2D eigenvalue weighted by Crippen LogP contribution is -2.52. The summed E-state index contributed by atoms with van der Waals surface area (Å²) in [7, 11) is 0. The van der Waals surface area contributed by atoms with E-state index in [1.807, 2.05) is 13.8 Å². The number of hydrazone groups is 1. The van der Waals surface area contributed by atoms with Gasteiger partial charge in [0.2, 0.25) is 0 Å². The van der Waals surface area contributed by atoms with Crippen LogP contribution < -0.4 is 22.4 Å². The maximum Gasteiger partial charge on any atom is 0.152 e. The van der Waals surface area contributed by atoms with Crippen molar-refractivity contribution in [3.63, 3.8) is 0 Å². The summed E-state index contributed by atoms with van der Waals surface area (Å²) in [4.78, 5) is 0. The molecule has 7 nitrogen and oxygen atoms in total. The summed E-state index contributed by atoms with van der Waals surface area (Å²) in [5, 5.41) is 6.76. The number of hydrogen-bond donors (Lipinski definition) is 5. The summed E-state index contributed by atoms with van der Waals surface area (Å²) < 4.78 is 18.9. The van der Waals surface area contributed by atoms with Gasteiger partial charge in [0, 0.05) is 0 Å². The average Bonchev–Trinajstić information content (AvgIpc) is 2.12. The Hall–Kier alpha value is -0.700. The van der Waals surface area contributed by atoms with Crippen LogP contribution in [0, 0.1) is 0 Å². The Morgan fingerprint density at radius 3 is 2.67 bits per heavy atom. The average molecular weight is 237 g/mol. The maximum atomic E-state index is 10.4. The molecule has 1 unspecified atom stereocenters. The zero-order chi connectivity index (χ0) is 11.9. The molecule has 0 spiro atoms. The molecule has 0 aliphatic rings. The molecule has 8 heteroatoms. The molecular weight excluding hydrogens is 218 g/mol. The van der Waals surface area contributed by atoms with Gasteiger partial charge in [0.15, 0.2) is 11.1 Å². The minimum Gasteiger partial charge on any atom is -0.384 e. The van der Waals surface area contributed by atoms with Crippen LogP contribution in [-0.4, -0.2) is 32.4 Å². The fraction of sp³-hybridized carbons (Fsp3) is 0.857. The summed E-state index contributed by atoms with van der Waals surface area (Å²) >= 11 is -1.74. The van der Waals surface area contributed by atoms with Crippen molar-refractivity contribution < 1.29 is 8.76 Å². The first-order valence-electron chi connectivity index (χ1n) is 4.52. The molecule has 0 aromatic rings. The molecule has 0 aliphatic carbocycles. The van der Waals surface area contributed by atoms with Crippen molar-refractivity contribution in [3.05, 3.63) is 0 Å². The predicted octanol–water partition coefficient (Wildman–Crippen LogP) is -1.30. The molecule has 0 aromatic heterocycles. The van der Waals surface area contributed by atoms with E-state index >= 15 is 0 Å². The summed E-state index contributed by atoms with van der Waals surface area (Å²) in [6.45, 7) is 4.28. The second kappa shape index (κ2) is 6.72. The van der Waals surface area contributed by atoms with E-state index in [9.17, 15) is 4.21 Å². The normalized spacial score (nSPS) is 15.1. The van der Waals surface area contributed by atoms with Crippen molar-refractivity contribution in [3.8, 4) is 0 Å². The van der Waals surface area contributed by atoms with E-state index in [1.165, 1.54) is 0 Å². The van der Waals surface area contributed by atoms with Crippen molar-refractivity contribution in [1.82, 2.24) is 10.9 Å². The van der Waals surface area contributed by atoms with Gasteiger partial charge in [0.1, 0.15) is 5.84 Å². The molecule has 0 bridgehead atoms. The van der Waals surface area contributed by atoms with E-state index in [4.69, 9.17) is 16.1 Å². The molecule has 0 fully saturated rings. The Bertz CT molecular complexity index is 244. The van der Waals surface area contributed by atoms with Gasteiger partial charge in [0.25, 0.3) is 0 Å². The van der Waals surface area contributed by atoms with Crippen molar-refractivity contribution in [2.75, 3.05) is 12.3 Å². The standard InChI is InChI=1S/C7H19N5O2S/c1-7(2,6(8)11-12-9)10-4-3-5-15(13)14/h10,12H,3-5,9H2,1-2H3,(H2,8,11)(H,13,14). The quantitative estimate of drug-likeness (QED) is 0.0935. The molecule has 0 heterocycles. The van der Waals surface area contributed by atoms with E-state index in [-0.39, 0.29) is 5.75 Å². The highest BCUT2D eigenvalue weighted by molar-refractivity contribution is 7.79. The molecule has 0 aromatic carbocycles. The third-order valence-electron chi connectivity index (χ3n) is 1.89. The van der Waals surface area contributed by atoms with Gasteiger partial charge in [-0.3, -0.25) is 0 Å². The minimum absolute atomic E-state index is 0.245. The smallest absolute Gasteiger partial charge is 0.152 e. The second-order valence-electron chi connectivity index (χ2n) is 3.56. The lowest BCUT2D eigenvalue weighted by Gasteiger charge is -2.25. The van der Waals surface area contributed by atoms with Gasteiger partial charge in [0.05, 0.1) is 11.3 Å². The number of nitrogens with one attached hydrogen (secondary N) is 2. The number of hydrazine groups is 1. The van der Waals surface area contributed by atoms with E-state index in [0.29, 0.717) is 18.8 Å². The lowest BCUT2D eigenvalue weighted by molar-refractivity contribution is 0.493. The summed E-state index contributed by atoms with van der Waals surface area (Å²) in [5.74, 6) is 5.58. The largest absolute Gasteiger partial charge is 0.384 e. The molecule has 90 valence electrons. The number of rotatable bonds is 7. The molecule has 0 saturated heterocycles. The Labute approximate surface area is 91.9 Å². The molecule has 7 N–H and O–H groups in total. The van der Waals surface area contributed by atoms with Gasteiger partial charge in [-0.25, -0.2) is 15.6 Å². The lowest BCUT2D eigenvalue weighted by atomic mass is 10.0. The molecule has 0 saturated carbocycles. The molecule has 1 atom stereocenters. The summed E-state index contributed by atoms with van der Waals surface area (Å²) in [6, 6.07) is 0. The van der Waals surface area contributed by atoms with Gasteiger partial charge in [-0.1, -0.05) is 0 Å². The first-order valence-corrected chi connectivity index (χ1v) is 5.79. The highest BCUT2D eigenvalue weighted by Gasteiger charge is 2.21. The van der Waals surface area contributed by atoms with Crippen molar-refractivity contribution in [1.29, 1.82) is 0 Å². The SMILES string of the molecule is CC(C)(NCCCS(=O)O)/C(N)=N/NN. The zero-order valence-electron chi connectivity index (χ0n) is 8.99. The van der Waals surface area contributed by atoms with E-state index in [0.717, 1.165) is 0 Å². The number of hydrogen-bond acceptors (Lipinski definition) is 5. The van der Waals surface area contributed by atoms with E-state index < -0.39 is 16.6 Å². The van der Waals surface area contributed by atoms with Crippen LogP contribution in [0.25, 0.3) is 0 Å². The summed E-state index contributed by atoms with van der Waals surface area (Å²) in [5.41, 5.74) is 7.26. The fourth-order valence-corrected chi connectivity index (χ4v) is 1.29. The fourth-order valence-electron chi connectivity index (χ4n) is 0.896. The number of nitrogens with zero attached hydrogens (tertiary/aromatic N) is 1. The third-order valence-corrected chi connectivity index (χ3v) is 2.53. The molecule has 0 amide bonds. The number of nitrogens with two attached hydrogens (primary N) is 2. The Kier molecular flexibility index (Phi) is 6.41. The van der Waals surface area contributed by atoms with Crippen molar-refractivity contribution >= 4 is 16.9 Å². The first kappa shape index (κ1) is 14.3. The zero-order valence-corrected chi connectivity index (χ0v) is 9.80. The van der Waals surface area contributed by atoms with Crippen LogP contribution in [0.15, 0.2) is 5.10 Å². The Balaban J connectivity index is 3.93. The minimum atomic E-state index is -1.74. The van der Waals surface area contributed by atoms with Gasteiger partial charge in [-0.2, -0.15) is 5.10 Å².